The monoisotopic (exact) mass is 320 g/mol. The predicted molar refractivity (Wildman–Crippen MR) is 68.0 cm³/mol. The zero-order chi connectivity index (χ0) is 14.8. The van der Waals surface area contributed by atoms with Crippen molar-refractivity contribution in [3.63, 3.8) is 0 Å². The fraction of sp³-hybridized carbons (Fsp3) is 0.100. The first-order valence-electron chi connectivity index (χ1n) is 5.05. The molecule has 0 fully saturated rings. The molecule has 3 N–H and O–H groups in total. The van der Waals surface area contributed by atoms with Gasteiger partial charge in [0.1, 0.15) is 10.7 Å². The van der Waals surface area contributed by atoms with Crippen LogP contribution in [0.4, 0.5) is 13.2 Å². The summed E-state index contributed by atoms with van der Waals surface area (Å²) < 4.78 is 38.5. The number of amidine groups is 1. The van der Waals surface area contributed by atoms with Crippen molar-refractivity contribution in [2.45, 2.75) is 15.5 Å². The molecule has 10 heteroatoms. The Labute approximate surface area is 119 Å². The zero-order valence-corrected chi connectivity index (χ0v) is 11.3. The molecule has 0 atom stereocenters. The number of hydrogen-bond acceptors (Lipinski definition) is 6. The van der Waals surface area contributed by atoms with Crippen molar-refractivity contribution < 1.29 is 18.4 Å². The first-order valence-corrected chi connectivity index (χ1v) is 6.75. The van der Waals surface area contributed by atoms with E-state index in [1.165, 1.54) is 17.5 Å². The van der Waals surface area contributed by atoms with Crippen LogP contribution in [0.25, 0.3) is 0 Å². The summed E-state index contributed by atoms with van der Waals surface area (Å²) in [6.07, 6.45) is -3.05. The molecule has 0 unspecified atom stereocenters. The van der Waals surface area contributed by atoms with E-state index in [1.807, 2.05) is 0 Å². The van der Waals surface area contributed by atoms with Gasteiger partial charge in [0.25, 0.3) is 0 Å². The second-order valence-electron chi connectivity index (χ2n) is 3.43. The third-order valence-corrected chi connectivity index (χ3v) is 4.02. The first-order chi connectivity index (χ1) is 9.41. The first kappa shape index (κ1) is 14.6. The van der Waals surface area contributed by atoms with E-state index in [2.05, 4.69) is 15.1 Å². The molecule has 0 aliphatic heterocycles. The molecule has 0 aromatic carbocycles. The molecule has 0 saturated heterocycles. The summed E-state index contributed by atoms with van der Waals surface area (Å²) in [6, 6.07) is 1.89. The summed E-state index contributed by atoms with van der Waals surface area (Å²) in [5, 5.41) is 13.1. The van der Waals surface area contributed by atoms with Gasteiger partial charge in [0, 0.05) is 11.6 Å². The van der Waals surface area contributed by atoms with Crippen LogP contribution in [0, 0.1) is 0 Å². The van der Waals surface area contributed by atoms with E-state index in [4.69, 9.17) is 10.9 Å². The Bertz CT molecular complexity index is 628. The number of halogens is 3. The summed E-state index contributed by atoms with van der Waals surface area (Å²) in [6.45, 7) is 0. The number of rotatable bonds is 3. The number of aromatic nitrogens is 2. The van der Waals surface area contributed by atoms with Crippen LogP contribution in [-0.2, 0) is 6.18 Å². The van der Waals surface area contributed by atoms with Gasteiger partial charge in [-0.25, -0.2) is 9.97 Å². The van der Waals surface area contributed by atoms with Gasteiger partial charge in [-0.3, -0.25) is 0 Å². The van der Waals surface area contributed by atoms with E-state index >= 15 is 0 Å². The van der Waals surface area contributed by atoms with Crippen molar-refractivity contribution in [2.24, 2.45) is 10.9 Å². The second kappa shape index (κ2) is 5.67. The zero-order valence-electron chi connectivity index (χ0n) is 9.63. The smallest absolute Gasteiger partial charge is 0.409 e. The molecule has 2 rings (SSSR count). The minimum absolute atomic E-state index is 0.0231. The number of nitrogens with two attached hydrogens (primary N) is 1. The molecular weight excluding hydrogens is 313 g/mol. The van der Waals surface area contributed by atoms with Crippen molar-refractivity contribution in [1.29, 1.82) is 0 Å². The molecule has 0 aliphatic rings. The van der Waals surface area contributed by atoms with Crippen molar-refractivity contribution >= 4 is 28.9 Å². The Kier molecular flexibility index (Phi) is 4.14. The highest BCUT2D eigenvalue weighted by Gasteiger charge is 2.33. The van der Waals surface area contributed by atoms with Crippen molar-refractivity contribution in [3.05, 3.63) is 35.0 Å². The van der Waals surface area contributed by atoms with Crippen LogP contribution in [0.5, 0.6) is 0 Å². The minimum atomic E-state index is -4.57. The van der Waals surface area contributed by atoms with Gasteiger partial charge in [-0.2, -0.15) is 13.2 Å². The van der Waals surface area contributed by atoms with E-state index < -0.39 is 11.9 Å². The molecule has 106 valence electrons. The van der Waals surface area contributed by atoms with Crippen LogP contribution < -0.4 is 5.73 Å². The van der Waals surface area contributed by atoms with E-state index in [-0.39, 0.29) is 16.4 Å². The molecule has 0 amide bonds. The average Bonchev–Trinajstić information content (AvgIpc) is 2.89. The summed E-state index contributed by atoms with van der Waals surface area (Å²) >= 11 is 2.17. The highest BCUT2D eigenvalue weighted by Crippen LogP contribution is 2.34. The van der Waals surface area contributed by atoms with Gasteiger partial charge in [0.15, 0.2) is 10.2 Å². The molecular formula is C10H7F3N4OS2. The molecule has 5 nitrogen and oxygen atoms in total. The van der Waals surface area contributed by atoms with E-state index in [0.29, 0.717) is 4.34 Å². The maximum Gasteiger partial charge on any atom is 0.433 e. The lowest BCUT2D eigenvalue weighted by Crippen LogP contribution is -2.17. The molecule has 0 bridgehead atoms. The fourth-order valence-electron chi connectivity index (χ4n) is 1.27. The average molecular weight is 320 g/mol. The maximum absolute atomic E-state index is 12.7. The molecule has 2 aromatic rings. The SMILES string of the molecule is NC(=NO)c1ccc(C(F)(F)F)nc1Sc1nccs1. The number of thiazole rings is 1. The number of oxime groups is 1. The van der Waals surface area contributed by atoms with Crippen LogP contribution >= 0.6 is 23.1 Å². The lowest BCUT2D eigenvalue weighted by atomic mass is 10.2. The van der Waals surface area contributed by atoms with Crippen LogP contribution in [0.3, 0.4) is 0 Å². The summed E-state index contributed by atoms with van der Waals surface area (Å²) in [4.78, 5) is 7.47. The third kappa shape index (κ3) is 3.20. The van der Waals surface area contributed by atoms with Gasteiger partial charge in [-0.15, -0.1) is 11.3 Å². The van der Waals surface area contributed by atoms with E-state index in [9.17, 15) is 13.2 Å². The van der Waals surface area contributed by atoms with Crippen molar-refractivity contribution in [2.75, 3.05) is 0 Å². The quantitative estimate of drug-likeness (QED) is 0.393. The molecule has 20 heavy (non-hydrogen) atoms. The third-order valence-electron chi connectivity index (χ3n) is 2.13. The number of alkyl halides is 3. The standard InChI is InChI=1S/C10H7F3N4OS2/c11-10(12,13)6-2-1-5(7(14)17-18)8(16-6)20-9-15-3-4-19-9/h1-4,18H,(H2,14,17). The topological polar surface area (TPSA) is 84.4 Å². The van der Waals surface area contributed by atoms with Crippen LogP contribution in [0.1, 0.15) is 11.3 Å². The van der Waals surface area contributed by atoms with E-state index in [1.54, 1.807) is 5.38 Å². The lowest BCUT2D eigenvalue weighted by molar-refractivity contribution is -0.141. The van der Waals surface area contributed by atoms with Crippen LogP contribution in [0.15, 0.2) is 38.2 Å². The molecule has 0 aliphatic carbocycles. The maximum atomic E-state index is 12.7. The highest BCUT2D eigenvalue weighted by atomic mass is 32.2. The van der Waals surface area contributed by atoms with Gasteiger partial charge in [0.05, 0.1) is 5.56 Å². The molecule has 0 radical (unpaired) electrons. The second-order valence-corrected chi connectivity index (χ2v) is 5.56. The Balaban J connectivity index is 2.48. The van der Waals surface area contributed by atoms with Crippen LogP contribution in [0.2, 0.25) is 0 Å². The Morgan fingerprint density at radius 2 is 2.15 bits per heavy atom. The van der Waals surface area contributed by atoms with Gasteiger partial charge < -0.3 is 10.9 Å². The molecule has 2 heterocycles. The largest absolute Gasteiger partial charge is 0.433 e. The van der Waals surface area contributed by atoms with Gasteiger partial charge in [0.2, 0.25) is 0 Å². The summed E-state index contributed by atoms with van der Waals surface area (Å²) in [5.74, 6) is -0.315. The Morgan fingerprint density at radius 1 is 1.40 bits per heavy atom. The lowest BCUT2D eigenvalue weighted by Gasteiger charge is -2.10. The number of pyridine rings is 1. The normalized spacial score (nSPS) is 12.7. The number of hydrogen-bond donors (Lipinski definition) is 2. The van der Waals surface area contributed by atoms with Gasteiger partial charge >= 0.3 is 6.18 Å². The molecule has 0 spiro atoms. The summed E-state index contributed by atoms with van der Waals surface area (Å²) in [5.41, 5.74) is 4.49. The van der Waals surface area contributed by atoms with Crippen molar-refractivity contribution in [1.82, 2.24) is 9.97 Å². The number of nitrogens with zero attached hydrogens (tertiary/aromatic N) is 3. The Hall–Kier alpha value is -1.81. The highest BCUT2D eigenvalue weighted by molar-refractivity contribution is 8.01. The molecule has 0 saturated carbocycles. The Morgan fingerprint density at radius 3 is 2.70 bits per heavy atom. The van der Waals surface area contributed by atoms with Gasteiger partial charge in [-0.1, -0.05) is 5.16 Å². The minimum Gasteiger partial charge on any atom is -0.409 e. The van der Waals surface area contributed by atoms with Crippen LogP contribution in [-0.4, -0.2) is 21.0 Å². The fourth-order valence-corrected chi connectivity index (χ4v) is 2.93. The molecule has 2 aromatic heterocycles. The van der Waals surface area contributed by atoms with Crippen molar-refractivity contribution in [3.8, 4) is 0 Å². The predicted octanol–water partition coefficient (Wildman–Crippen LogP) is 2.80. The summed E-state index contributed by atoms with van der Waals surface area (Å²) in [7, 11) is 0. The van der Waals surface area contributed by atoms with Gasteiger partial charge in [-0.05, 0) is 23.9 Å². The van der Waals surface area contributed by atoms with E-state index in [0.717, 1.165) is 23.9 Å².